The van der Waals surface area contributed by atoms with Crippen molar-refractivity contribution in [3.8, 4) is 23.3 Å². The molecule has 0 radical (unpaired) electrons. The Labute approximate surface area is 209 Å². The lowest BCUT2D eigenvalue weighted by Crippen LogP contribution is -2.23. The molecule has 0 saturated carbocycles. The molecule has 0 aromatic heterocycles. The number of aromatic carboxylic acids is 1. The number of nitrogens with zero attached hydrogens (tertiary/aromatic N) is 1. The van der Waals surface area contributed by atoms with Crippen molar-refractivity contribution in [2.75, 3.05) is 13.7 Å². The number of rotatable bonds is 11. The van der Waals surface area contributed by atoms with E-state index in [1.165, 1.54) is 18.2 Å². The summed E-state index contributed by atoms with van der Waals surface area (Å²) in [6.45, 7) is 2.72. The molecule has 184 valence electrons. The monoisotopic (exact) mass is 486 g/mol. The number of carboxylic acid groups (broad SMARTS) is 1. The van der Waals surface area contributed by atoms with Crippen molar-refractivity contribution < 1.29 is 28.9 Å². The summed E-state index contributed by atoms with van der Waals surface area (Å²) in [7, 11) is 1.58. The van der Waals surface area contributed by atoms with E-state index in [0.717, 1.165) is 16.9 Å². The highest BCUT2D eigenvalue weighted by Crippen LogP contribution is 2.30. The van der Waals surface area contributed by atoms with Crippen molar-refractivity contribution in [2.24, 2.45) is 0 Å². The zero-order valence-electron chi connectivity index (χ0n) is 20.0. The van der Waals surface area contributed by atoms with Gasteiger partial charge in [0, 0.05) is 6.54 Å². The van der Waals surface area contributed by atoms with Crippen molar-refractivity contribution in [3.63, 3.8) is 0 Å². The Balaban J connectivity index is 1.69. The van der Waals surface area contributed by atoms with Gasteiger partial charge in [-0.3, -0.25) is 4.79 Å². The normalized spacial score (nSPS) is 10.8. The number of ether oxygens (including phenoxy) is 3. The largest absolute Gasteiger partial charge is 0.497 e. The van der Waals surface area contributed by atoms with Crippen molar-refractivity contribution >= 4 is 18.0 Å². The van der Waals surface area contributed by atoms with E-state index in [1.54, 1.807) is 49.6 Å². The molecule has 0 aliphatic carbocycles. The van der Waals surface area contributed by atoms with E-state index < -0.39 is 11.9 Å². The van der Waals surface area contributed by atoms with Gasteiger partial charge in [0.1, 0.15) is 24.0 Å². The van der Waals surface area contributed by atoms with Gasteiger partial charge in [0.05, 0.1) is 19.3 Å². The lowest BCUT2D eigenvalue weighted by Gasteiger charge is -2.13. The third-order valence-corrected chi connectivity index (χ3v) is 5.15. The molecule has 3 aromatic rings. The zero-order valence-corrected chi connectivity index (χ0v) is 20.0. The van der Waals surface area contributed by atoms with Crippen LogP contribution >= 0.6 is 0 Å². The SMILES string of the molecule is CCOc1cc(/C=C(/C#N)C(=O)NCc2ccc(OC)cc2)ccc1OCc1ccc(C(=O)O)cc1. The first kappa shape index (κ1) is 25.8. The molecular weight excluding hydrogens is 460 g/mol. The quantitative estimate of drug-likeness (QED) is 0.300. The molecule has 8 heteroatoms. The van der Waals surface area contributed by atoms with Gasteiger partial charge in [-0.05, 0) is 66.1 Å². The Kier molecular flexibility index (Phi) is 9.06. The number of nitrogens with one attached hydrogen (secondary N) is 1. The van der Waals surface area contributed by atoms with Crippen LogP contribution in [0.5, 0.6) is 17.2 Å². The number of nitriles is 1. The van der Waals surface area contributed by atoms with E-state index in [4.69, 9.17) is 19.3 Å². The number of carbonyl (C=O) groups is 2. The number of methoxy groups -OCH3 is 1. The minimum atomic E-state index is -0.990. The van der Waals surface area contributed by atoms with Gasteiger partial charge in [-0.1, -0.05) is 30.3 Å². The molecule has 0 fully saturated rings. The fourth-order valence-corrected chi connectivity index (χ4v) is 3.24. The molecule has 3 aromatic carbocycles. The van der Waals surface area contributed by atoms with Crippen LogP contribution in [0.4, 0.5) is 0 Å². The van der Waals surface area contributed by atoms with Crippen LogP contribution in [0.1, 0.15) is 34.0 Å². The number of hydrogen-bond donors (Lipinski definition) is 2. The first-order valence-corrected chi connectivity index (χ1v) is 11.2. The average molecular weight is 487 g/mol. The van der Waals surface area contributed by atoms with E-state index in [0.29, 0.717) is 23.7 Å². The predicted molar refractivity (Wildman–Crippen MR) is 134 cm³/mol. The number of amides is 1. The van der Waals surface area contributed by atoms with Crippen LogP contribution in [-0.2, 0) is 17.9 Å². The molecule has 8 nitrogen and oxygen atoms in total. The first-order chi connectivity index (χ1) is 17.4. The average Bonchev–Trinajstić information content (AvgIpc) is 2.90. The van der Waals surface area contributed by atoms with Gasteiger partial charge in [0.2, 0.25) is 0 Å². The van der Waals surface area contributed by atoms with Gasteiger partial charge in [-0.2, -0.15) is 5.26 Å². The summed E-state index contributed by atoms with van der Waals surface area (Å²) in [6, 6.07) is 20.7. The summed E-state index contributed by atoms with van der Waals surface area (Å²) in [5, 5.41) is 21.3. The second-order valence-electron chi connectivity index (χ2n) is 7.63. The minimum absolute atomic E-state index is 0.0434. The highest BCUT2D eigenvalue weighted by Gasteiger charge is 2.12. The van der Waals surface area contributed by atoms with Crippen LogP contribution in [-0.4, -0.2) is 30.7 Å². The van der Waals surface area contributed by atoms with Crippen molar-refractivity contribution in [2.45, 2.75) is 20.1 Å². The van der Waals surface area contributed by atoms with E-state index in [9.17, 15) is 14.9 Å². The lowest BCUT2D eigenvalue weighted by molar-refractivity contribution is -0.117. The fourth-order valence-electron chi connectivity index (χ4n) is 3.24. The van der Waals surface area contributed by atoms with E-state index in [1.807, 2.05) is 25.1 Å². The highest BCUT2D eigenvalue weighted by molar-refractivity contribution is 6.01. The van der Waals surface area contributed by atoms with Gasteiger partial charge in [-0.25, -0.2) is 4.79 Å². The highest BCUT2D eigenvalue weighted by atomic mass is 16.5. The molecule has 0 atom stereocenters. The summed E-state index contributed by atoms with van der Waals surface area (Å²) in [5.74, 6) is 0.187. The molecule has 0 aliphatic rings. The zero-order chi connectivity index (χ0) is 25.9. The van der Waals surface area contributed by atoms with Crippen LogP contribution in [0.25, 0.3) is 6.08 Å². The van der Waals surface area contributed by atoms with Gasteiger partial charge in [0.15, 0.2) is 11.5 Å². The van der Waals surface area contributed by atoms with Crippen LogP contribution in [0.2, 0.25) is 0 Å². The predicted octanol–water partition coefficient (Wildman–Crippen LogP) is 4.59. The number of carbonyl (C=O) groups excluding carboxylic acids is 1. The number of benzene rings is 3. The summed E-state index contributed by atoms with van der Waals surface area (Å²) in [6.07, 6.45) is 1.49. The van der Waals surface area contributed by atoms with Crippen molar-refractivity contribution in [3.05, 3.63) is 94.6 Å². The standard InChI is InChI=1S/C28H26N2O6/c1-3-35-26-15-21(8-13-25(26)36-18-20-4-9-22(10-5-20)28(32)33)14-23(16-29)27(31)30-17-19-6-11-24(34-2)12-7-19/h4-15H,3,17-18H2,1-2H3,(H,30,31)(H,32,33)/b23-14-. The number of hydrogen-bond acceptors (Lipinski definition) is 6. The minimum Gasteiger partial charge on any atom is -0.497 e. The van der Waals surface area contributed by atoms with Gasteiger partial charge in [0.25, 0.3) is 5.91 Å². The molecule has 0 heterocycles. The Bertz CT molecular complexity index is 1270. The Morgan fingerprint density at radius 2 is 1.67 bits per heavy atom. The van der Waals surface area contributed by atoms with E-state index in [-0.39, 0.29) is 24.3 Å². The number of carboxylic acids is 1. The third kappa shape index (κ3) is 7.11. The summed E-state index contributed by atoms with van der Waals surface area (Å²) in [5.41, 5.74) is 2.43. The van der Waals surface area contributed by atoms with Crippen molar-refractivity contribution in [1.82, 2.24) is 5.32 Å². The second-order valence-corrected chi connectivity index (χ2v) is 7.63. The molecule has 36 heavy (non-hydrogen) atoms. The fraction of sp³-hybridized carbons (Fsp3) is 0.179. The maximum Gasteiger partial charge on any atom is 0.335 e. The molecular formula is C28H26N2O6. The molecule has 0 unspecified atom stereocenters. The Morgan fingerprint density at radius 3 is 2.28 bits per heavy atom. The molecule has 0 saturated heterocycles. The Morgan fingerprint density at radius 1 is 0.972 bits per heavy atom. The summed E-state index contributed by atoms with van der Waals surface area (Å²) >= 11 is 0. The molecule has 1 amide bonds. The van der Waals surface area contributed by atoms with Gasteiger partial charge in [-0.15, -0.1) is 0 Å². The summed E-state index contributed by atoms with van der Waals surface area (Å²) in [4.78, 5) is 23.6. The van der Waals surface area contributed by atoms with Crippen molar-refractivity contribution in [1.29, 1.82) is 5.26 Å². The molecule has 0 aliphatic heterocycles. The van der Waals surface area contributed by atoms with Crippen LogP contribution in [0, 0.1) is 11.3 Å². The molecule has 0 spiro atoms. The van der Waals surface area contributed by atoms with E-state index >= 15 is 0 Å². The van der Waals surface area contributed by atoms with Gasteiger partial charge >= 0.3 is 5.97 Å². The van der Waals surface area contributed by atoms with Crippen LogP contribution in [0.3, 0.4) is 0 Å². The molecule has 0 bridgehead atoms. The van der Waals surface area contributed by atoms with E-state index in [2.05, 4.69) is 5.32 Å². The maximum absolute atomic E-state index is 12.6. The smallest absolute Gasteiger partial charge is 0.335 e. The molecule has 3 rings (SSSR count). The Hall–Kier alpha value is -4.77. The van der Waals surface area contributed by atoms with Crippen LogP contribution in [0.15, 0.2) is 72.3 Å². The molecule has 2 N–H and O–H groups in total. The van der Waals surface area contributed by atoms with Gasteiger partial charge < -0.3 is 24.6 Å². The summed E-state index contributed by atoms with van der Waals surface area (Å²) < 4.78 is 16.7. The first-order valence-electron chi connectivity index (χ1n) is 11.2. The second kappa shape index (κ2) is 12.6. The van der Waals surface area contributed by atoms with Crippen LogP contribution < -0.4 is 19.5 Å². The lowest BCUT2D eigenvalue weighted by atomic mass is 10.1. The topological polar surface area (TPSA) is 118 Å². The maximum atomic E-state index is 12.6. The third-order valence-electron chi connectivity index (χ3n) is 5.15.